The molecule has 1 atom stereocenters. The lowest BCUT2D eigenvalue weighted by molar-refractivity contribution is -0.132. The number of rotatable bonds is 6. The van der Waals surface area contributed by atoms with Crippen molar-refractivity contribution >= 4 is 39.1 Å². The van der Waals surface area contributed by atoms with Crippen LogP contribution in [0.2, 0.25) is 0 Å². The molecule has 0 aliphatic carbocycles. The van der Waals surface area contributed by atoms with E-state index in [2.05, 4.69) is 15.9 Å². The lowest BCUT2D eigenvalue weighted by Gasteiger charge is -2.26. The summed E-state index contributed by atoms with van der Waals surface area (Å²) in [5, 5.41) is 11.4. The van der Waals surface area contributed by atoms with Crippen LogP contribution in [0.5, 0.6) is 17.2 Å². The van der Waals surface area contributed by atoms with E-state index >= 15 is 0 Å². The van der Waals surface area contributed by atoms with Crippen LogP contribution in [0, 0.1) is 6.92 Å². The van der Waals surface area contributed by atoms with Crippen LogP contribution in [0.1, 0.15) is 22.7 Å². The van der Waals surface area contributed by atoms with E-state index in [1.54, 1.807) is 48.5 Å². The van der Waals surface area contributed by atoms with Gasteiger partial charge in [-0.25, -0.2) is 0 Å². The number of anilines is 1. The summed E-state index contributed by atoms with van der Waals surface area (Å²) in [5.74, 6) is -0.00267. The molecule has 0 radical (unpaired) electrons. The van der Waals surface area contributed by atoms with Crippen molar-refractivity contribution in [3.63, 3.8) is 0 Å². The number of halogens is 1. The molecule has 1 aliphatic rings. The Labute approximate surface area is 228 Å². The van der Waals surface area contributed by atoms with Gasteiger partial charge >= 0.3 is 0 Å². The third-order valence-electron chi connectivity index (χ3n) is 6.33. The summed E-state index contributed by atoms with van der Waals surface area (Å²) in [6.07, 6.45) is 0. The molecule has 1 fully saturated rings. The Kier molecular flexibility index (Phi) is 7.03. The van der Waals surface area contributed by atoms with E-state index < -0.39 is 17.7 Å². The zero-order chi connectivity index (χ0) is 26.8. The van der Waals surface area contributed by atoms with E-state index in [0.29, 0.717) is 38.5 Å². The average molecular weight is 570 g/mol. The molecule has 5 rings (SSSR count). The molecule has 0 saturated carbocycles. The Morgan fingerprint density at radius 3 is 2.26 bits per heavy atom. The Morgan fingerprint density at radius 2 is 1.58 bits per heavy atom. The monoisotopic (exact) mass is 569 g/mol. The van der Waals surface area contributed by atoms with Crippen LogP contribution in [-0.2, 0) is 9.59 Å². The molecule has 1 aliphatic heterocycles. The first-order chi connectivity index (χ1) is 18.4. The van der Waals surface area contributed by atoms with E-state index in [1.807, 2.05) is 55.5 Å². The second kappa shape index (κ2) is 10.6. The fourth-order valence-corrected chi connectivity index (χ4v) is 5.00. The molecular weight excluding hydrogens is 546 g/mol. The molecule has 6 nitrogen and oxygen atoms in total. The highest BCUT2D eigenvalue weighted by molar-refractivity contribution is 9.10. The maximum atomic E-state index is 13.5. The van der Waals surface area contributed by atoms with Crippen molar-refractivity contribution in [1.82, 2.24) is 0 Å². The van der Waals surface area contributed by atoms with Crippen molar-refractivity contribution in [1.29, 1.82) is 0 Å². The molecule has 4 aromatic carbocycles. The fourth-order valence-electron chi connectivity index (χ4n) is 4.46. The van der Waals surface area contributed by atoms with E-state index in [4.69, 9.17) is 9.47 Å². The summed E-state index contributed by atoms with van der Waals surface area (Å²) in [5.41, 5.74) is 2.55. The number of hydrogen-bond acceptors (Lipinski definition) is 5. The van der Waals surface area contributed by atoms with Gasteiger partial charge in [0.05, 0.1) is 23.2 Å². The summed E-state index contributed by atoms with van der Waals surface area (Å²) >= 11 is 3.43. The first kappa shape index (κ1) is 25.3. The van der Waals surface area contributed by atoms with Crippen LogP contribution in [-0.4, -0.2) is 23.9 Å². The minimum absolute atomic E-state index is 0.00972. The van der Waals surface area contributed by atoms with Gasteiger partial charge in [-0.2, -0.15) is 0 Å². The van der Waals surface area contributed by atoms with Crippen LogP contribution < -0.4 is 14.4 Å². The van der Waals surface area contributed by atoms with Crippen LogP contribution in [0.3, 0.4) is 0 Å². The molecule has 1 N–H and O–H groups in total. The summed E-state index contributed by atoms with van der Waals surface area (Å²) < 4.78 is 11.9. The fraction of sp³-hybridized carbons (Fsp3) is 0.0968. The number of hydrogen-bond donors (Lipinski definition) is 1. The van der Waals surface area contributed by atoms with Crippen LogP contribution >= 0.6 is 15.9 Å². The molecule has 1 amide bonds. The van der Waals surface area contributed by atoms with Gasteiger partial charge in [-0.05, 0) is 83.0 Å². The van der Waals surface area contributed by atoms with Gasteiger partial charge < -0.3 is 14.6 Å². The number of nitrogens with zero attached hydrogens (tertiary/aromatic N) is 1. The molecule has 38 heavy (non-hydrogen) atoms. The minimum atomic E-state index is -0.877. The van der Waals surface area contributed by atoms with Gasteiger partial charge in [-0.1, -0.05) is 48.0 Å². The normalized spacial score (nSPS) is 16.5. The number of aryl methyl sites for hydroxylation is 1. The summed E-state index contributed by atoms with van der Waals surface area (Å²) in [6, 6.07) is 28.0. The van der Waals surface area contributed by atoms with Gasteiger partial charge in [-0.15, -0.1) is 0 Å². The quantitative estimate of drug-likeness (QED) is 0.151. The predicted octanol–water partition coefficient (Wildman–Crippen LogP) is 7.18. The Hall–Kier alpha value is -4.36. The molecular formula is C31H24BrNO5. The number of amides is 1. The van der Waals surface area contributed by atoms with E-state index in [1.165, 1.54) is 12.0 Å². The largest absolute Gasteiger partial charge is 0.507 e. The van der Waals surface area contributed by atoms with Gasteiger partial charge in [0.25, 0.3) is 11.7 Å². The van der Waals surface area contributed by atoms with Gasteiger partial charge in [0.15, 0.2) is 0 Å². The summed E-state index contributed by atoms with van der Waals surface area (Å²) in [4.78, 5) is 28.3. The van der Waals surface area contributed by atoms with E-state index in [9.17, 15) is 14.7 Å². The number of aliphatic hydroxyl groups excluding tert-OH is 1. The number of ether oxygens (including phenoxy) is 2. The van der Waals surface area contributed by atoms with Crippen LogP contribution in [0.15, 0.2) is 107 Å². The van der Waals surface area contributed by atoms with Crippen molar-refractivity contribution in [2.24, 2.45) is 0 Å². The molecule has 190 valence electrons. The molecule has 0 spiro atoms. The number of carbonyl (C=O) groups excluding carboxylic acids is 2. The van der Waals surface area contributed by atoms with Gasteiger partial charge in [0.1, 0.15) is 23.0 Å². The molecule has 7 heteroatoms. The second-order valence-corrected chi connectivity index (χ2v) is 9.70. The highest BCUT2D eigenvalue weighted by Crippen LogP contribution is 2.43. The van der Waals surface area contributed by atoms with Crippen molar-refractivity contribution < 1.29 is 24.2 Å². The molecule has 1 saturated heterocycles. The number of ketones is 1. The number of benzene rings is 4. The van der Waals surface area contributed by atoms with Crippen molar-refractivity contribution in [2.45, 2.75) is 13.0 Å². The Balaban J connectivity index is 1.67. The third kappa shape index (κ3) is 4.80. The summed E-state index contributed by atoms with van der Waals surface area (Å²) in [6.45, 7) is 1.95. The predicted molar refractivity (Wildman–Crippen MR) is 150 cm³/mol. The molecule has 1 unspecified atom stereocenters. The second-order valence-electron chi connectivity index (χ2n) is 8.84. The number of carbonyl (C=O) groups is 2. The minimum Gasteiger partial charge on any atom is -0.507 e. The van der Waals surface area contributed by atoms with E-state index in [-0.39, 0.29) is 11.3 Å². The first-order valence-electron chi connectivity index (χ1n) is 11.9. The molecule has 1 heterocycles. The van der Waals surface area contributed by atoms with Gasteiger partial charge in [0, 0.05) is 11.3 Å². The smallest absolute Gasteiger partial charge is 0.300 e. The Bertz CT molecular complexity index is 1550. The maximum absolute atomic E-state index is 13.5. The van der Waals surface area contributed by atoms with Gasteiger partial charge in [0.2, 0.25) is 0 Å². The topological polar surface area (TPSA) is 76.1 Å². The van der Waals surface area contributed by atoms with Crippen molar-refractivity contribution in [3.8, 4) is 17.2 Å². The number of aliphatic hydroxyl groups is 1. The van der Waals surface area contributed by atoms with Gasteiger partial charge in [-0.3, -0.25) is 14.5 Å². The highest BCUT2D eigenvalue weighted by atomic mass is 79.9. The lowest BCUT2D eigenvalue weighted by Crippen LogP contribution is -2.29. The molecule has 4 aromatic rings. The highest BCUT2D eigenvalue weighted by Gasteiger charge is 2.47. The lowest BCUT2D eigenvalue weighted by atomic mass is 9.95. The molecule has 0 bridgehead atoms. The van der Waals surface area contributed by atoms with Crippen LogP contribution in [0.25, 0.3) is 5.76 Å². The zero-order valence-corrected chi connectivity index (χ0v) is 22.3. The standard InChI is InChI=1S/C31H24BrNO5/c1-19-11-14-22(15-12-19)33-28(20-7-6-10-24(17-20)38-23-8-4-3-5-9-23)27(30(35)31(33)36)29(34)21-13-16-26(37-2)25(32)18-21/h3-18,28,34H,1-2H3/b29-27+. The number of para-hydroxylation sites is 1. The van der Waals surface area contributed by atoms with Crippen molar-refractivity contribution in [3.05, 3.63) is 124 Å². The number of methoxy groups -OCH3 is 1. The number of Topliss-reactive ketones (excluding diaryl/α,β-unsaturated/α-hetero) is 1. The zero-order valence-electron chi connectivity index (χ0n) is 20.7. The molecule has 0 aromatic heterocycles. The maximum Gasteiger partial charge on any atom is 0.300 e. The summed E-state index contributed by atoms with van der Waals surface area (Å²) in [7, 11) is 1.54. The average Bonchev–Trinajstić information content (AvgIpc) is 3.19. The van der Waals surface area contributed by atoms with E-state index in [0.717, 1.165) is 5.56 Å². The SMILES string of the molecule is COc1ccc(/C(O)=C2\C(=O)C(=O)N(c3ccc(C)cc3)C2c2cccc(Oc3ccccc3)c2)cc1Br. The Morgan fingerprint density at radius 1 is 0.868 bits per heavy atom. The van der Waals surface area contributed by atoms with Crippen molar-refractivity contribution in [2.75, 3.05) is 12.0 Å². The first-order valence-corrected chi connectivity index (χ1v) is 12.7. The third-order valence-corrected chi connectivity index (χ3v) is 6.95. The van der Waals surface area contributed by atoms with Crippen LogP contribution in [0.4, 0.5) is 5.69 Å².